The molecule has 1 heterocycles. The predicted molar refractivity (Wildman–Crippen MR) is 112 cm³/mol. The zero-order valence-electron chi connectivity index (χ0n) is 15.9. The van der Waals surface area contributed by atoms with Crippen molar-refractivity contribution >= 4 is 29.2 Å². The Morgan fingerprint density at radius 2 is 2.25 bits per heavy atom. The molecule has 2 rings (SSSR count). The number of methoxy groups -OCH3 is 1. The third kappa shape index (κ3) is 5.13. The fourth-order valence-corrected chi connectivity index (χ4v) is 2.78. The van der Waals surface area contributed by atoms with Gasteiger partial charge < -0.3 is 10.1 Å². The molecule has 2 N–H and O–H groups in total. The van der Waals surface area contributed by atoms with Gasteiger partial charge in [0.1, 0.15) is 17.1 Å². The highest BCUT2D eigenvalue weighted by atomic mass is 32.1. The van der Waals surface area contributed by atoms with Crippen molar-refractivity contribution in [1.29, 1.82) is 0 Å². The third-order valence-corrected chi connectivity index (χ3v) is 4.17. The number of nitrogens with zero attached hydrogens (tertiary/aromatic N) is 4. The Morgan fingerprint density at radius 1 is 1.50 bits per heavy atom. The quantitative estimate of drug-likeness (QED) is 0.230. The van der Waals surface area contributed by atoms with Crippen molar-refractivity contribution in [2.75, 3.05) is 13.7 Å². The molecule has 0 aliphatic rings. The van der Waals surface area contributed by atoms with Crippen LogP contribution in [0.15, 0.2) is 36.0 Å². The molecule has 0 aliphatic carbocycles. The molecule has 0 atom stereocenters. The van der Waals surface area contributed by atoms with Crippen molar-refractivity contribution in [1.82, 2.24) is 20.5 Å². The van der Waals surface area contributed by atoms with E-state index in [0.717, 1.165) is 11.1 Å². The smallest absolute Gasteiger partial charge is 0.312 e. The van der Waals surface area contributed by atoms with Crippen LogP contribution >= 0.6 is 12.2 Å². The number of benzene rings is 1. The Bertz CT molecular complexity index is 922. The normalized spacial score (nSPS) is 10.7. The molecule has 9 nitrogen and oxygen atoms in total. The molecule has 1 aromatic carbocycles. The van der Waals surface area contributed by atoms with Gasteiger partial charge in [-0.1, -0.05) is 6.08 Å². The highest BCUT2D eigenvalue weighted by molar-refractivity contribution is 7.80. The largest absolute Gasteiger partial charge is 0.496 e. The Kier molecular flexibility index (Phi) is 7.21. The summed E-state index contributed by atoms with van der Waals surface area (Å²) in [5.41, 5.74) is 5.24. The fourth-order valence-electron chi connectivity index (χ4n) is 2.64. The molecule has 0 aliphatic heterocycles. The molecule has 0 saturated heterocycles. The summed E-state index contributed by atoms with van der Waals surface area (Å²) in [5.74, 6) is 0.656. The van der Waals surface area contributed by atoms with Gasteiger partial charge in [0, 0.05) is 12.1 Å². The second-order valence-corrected chi connectivity index (χ2v) is 6.28. The number of rotatable bonds is 8. The van der Waals surface area contributed by atoms with Crippen LogP contribution in [0.3, 0.4) is 0 Å². The van der Waals surface area contributed by atoms with E-state index in [1.807, 2.05) is 18.2 Å². The summed E-state index contributed by atoms with van der Waals surface area (Å²) in [7, 11) is 1.57. The van der Waals surface area contributed by atoms with Gasteiger partial charge in [0.25, 0.3) is 0 Å². The summed E-state index contributed by atoms with van der Waals surface area (Å²) < 4.78 is 7.00. The van der Waals surface area contributed by atoms with E-state index in [2.05, 4.69) is 27.5 Å². The Labute approximate surface area is 168 Å². The average Bonchev–Trinajstić information content (AvgIpc) is 2.93. The van der Waals surface area contributed by atoms with Crippen molar-refractivity contribution in [3.05, 3.63) is 63.5 Å². The maximum Gasteiger partial charge on any atom is 0.312 e. The number of hydrazone groups is 1. The first-order valence-corrected chi connectivity index (χ1v) is 8.81. The number of nitrogens with one attached hydrogen (secondary N) is 2. The Morgan fingerprint density at radius 3 is 2.86 bits per heavy atom. The van der Waals surface area contributed by atoms with Gasteiger partial charge in [-0.3, -0.25) is 20.2 Å². The summed E-state index contributed by atoms with van der Waals surface area (Å²) >= 11 is 5.07. The van der Waals surface area contributed by atoms with Gasteiger partial charge in [-0.15, -0.1) is 6.58 Å². The zero-order valence-corrected chi connectivity index (χ0v) is 16.7. The van der Waals surface area contributed by atoms with Crippen LogP contribution in [0, 0.1) is 24.0 Å². The van der Waals surface area contributed by atoms with Gasteiger partial charge in [-0.25, -0.2) is 0 Å². The number of ether oxygens (including phenoxy) is 1. The zero-order chi connectivity index (χ0) is 20.7. The van der Waals surface area contributed by atoms with Crippen LogP contribution in [-0.2, 0) is 6.54 Å². The van der Waals surface area contributed by atoms with Crippen LogP contribution in [0.4, 0.5) is 5.69 Å². The van der Waals surface area contributed by atoms with E-state index in [4.69, 9.17) is 17.0 Å². The monoisotopic (exact) mass is 402 g/mol. The SMILES string of the molecule is C=CCNC(=S)N/N=C\c1ccc(OC)c(Cn2nc(C)c([N+](=O)[O-])c2C)c1. The summed E-state index contributed by atoms with van der Waals surface area (Å²) in [6.45, 7) is 7.77. The lowest BCUT2D eigenvalue weighted by molar-refractivity contribution is -0.386. The lowest BCUT2D eigenvalue weighted by Crippen LogP contribution is -2.31. The van der Waals surface area contributed by atoms with Crippen molar-refractivity contribution < 1.29 is 9.66 Å². The molecule has 0 saturated carbocycles. The standard InChI is InChI=1S/C18H22N6O3S/c1-5-8-19-18(28)21-20-10-14-6-7-16(27-4)15(9-14)11-23-13(3)17(24(25)26)12(2)22-23/h5-7,9-10H,1,8,11H2,2-4H3,(H2,19,21,28)/b20-10-. The van der Waals surface area contributed by atoms with Gasteiger partial charge >= 0.3 is 5.69 Å². The number of nitro groups is 1. The minimum Gasteiger partial charge on any atom is -0.496 e. The Hall–Kier alpha value is -3.27. The van der Waals surface area contributed by atoms with Gasteiger partial charge in [0.2, 0.25) is 0 Å². The highest BCUT2D eigenvalue weighted by Gasteiger charge is 2.22. The number of hydrogen-bond donors (Lipinski definition) is 2. The lowest BCUT2D eigenvalue weighted by atomic mass is 10.1. The van der Waals surface area contributed by atoms with Crippen LogP contribution < -0.4 is 15.5 Å². The first kappa shape index (κ1) is 21.0. The molecule has 0 amide bonds. The van der Waals surface area contributed by atoms with E-state index in [1.54, 1.807) is 37.9 Å². The maximum absolute atomic E-state index is 11.2. The second kappa shape index (κ2) is 9.60. The molecular formula is C18H22N6O3S. The summed E-state index contributed by atoms with van der Waals surface area (Å²) in [4.78, 5) is 10.8. The molecule has 148 valence electrons. The molecular weight excluding hydrogens is 380 g/mol. The van der Waals surface area contributed by atoms with E-state index < -0.39 is 4.92 Å². The molecule has 28 heavy (non-hydrogen) atoms. The number of aryl methyl sites for hydroxylation is 1. The molecule has 10 heteroatoms. The number of aromatic nitrogens is 2. The lowest BCUT2D eigenvalue weighted by Gasteiger charge is -2.10. The van der Waals surface area contributed by atoms with Gasteiger partial charge in [-0.2, -0.15) is 10.2 Å². The molecule has 1 aromatic heterocycles. The topological polar surface area (TPSA) is 107 Å². The van der Waals surface area contributed by atoms with Crippen LogP contribution in [0.5, 0.6) is 5.75 Å². The minimum absolute atomic E-state index is 0.0291. The van der Waals surface area contributed by atoms with Crippen molar-refractivity contribution in [3.8, 4) is 5.75 Å². The molecule has 0 unspecified atom stereocenters. The van der Waals surface area contributed by atoms with E-state index in [-0.39, 0.29) is 5.69 Å². The summed E-state index contributed by atoms with van der Waals surface area (Å²) in [5, 5.41) is 22.9. The van der Waals surface area contributed by atoms with E-state index in [1.165, 1.54) is 0 Å². The summed E-state index contributed by atoms with van der Waals surface area (Å²) in [6.07, 6.45) is 3.31. The molecule has 0 radical (unpaired) electrons. The van der Waals surface area contributed by atoms with Crippen molar-refractivity contribution in [2.45, 2.75) is 20.4 Å². The molecule has 0 fully saturated rings. The molecule has 2 aromatic rings. The first-order valence-electron chi connectivity index (χ1n) is 8.40. The van der Waals surface area contributed by atoms with E-state index in [0.29, 0.717) is 35.3 Å². The van der Waals surface area contributed by atoms with Gasteiger partial charge in [0.05, 0.1) is 24.8 Å². The second-order valence-electron chi connectivity index (χ2n) is 5.87. The fraction of sp³-hybridized carbons (Fsp3) is 0.278. The Balaban J connectivity index is 2.22. The molecule has 0 bridgehead atoms. The number of hydrogen-bond acceptors (Lipinski definition) is 6. The maximum atomic E-state index is 11.2. The van der Waals surface area contributed by atoms with Crippen molar-refractivity contribution in [2.24, 2.45) is 5.10 Å². The third-order valence-electron chi connectivity index (χ3n) is 3.94. The van der Waals surface area contributed by atoms with E-state index in [9.17, 15) is 10.1 Å². The van der Waals surface area contributed by atoms with Crippen LogP contribution in [0.2, 0.25) is 0 Å². The van der Waals surface area contributed by atoms with Crippen LogP contribution in [0.25, 0.3) is 0 Å². The first-order chi connectivity index (χ1) is 13.4. The highest BCUT2D eigenvalue weighted by Crippen LogP contribution is 2.25. The predicted octanol–water partition coefficient (Wildman–Crippen LogP) is 2.45. The minimum atomic E-state index is -0.413. The molecule has 0 spiro atoms. The summed E-state index contributed by atoms with van der Waals surface area (Å²) in [6, 6.07) is 5.54. The van der Waals surface area contributed by atoms with Gasteiger partial charge in [0.15, 0.2) is 5.11 Å². The average molecular weight is 402 g/mol. The van der Waals surface area contributed by atoms with Gasteiger partial charge in [-0.05, 0) is 49.8 Å². The van der Waals surface area contributed by atoms with Crippen LogP contribution in [-0.4, -0.2) is 39.7 Å². The number of thiocarbonyl (C=S) groups is 1. The van der Waals surface area contributed by atoms with Crippen LogP contribution in [0.1, 0.15) is 22.5 Å². The van der Waals surface area contributed by atoms with E-state index >= 15 is 0 Å². The van der Waals surface area contributed by atoms with Crippen molar-refractivity contribution in [3.63, 3.8) is 0 Å².